The number of hydrogen-bond donors (Lipinski definition) is 2. The highest BCUT2D eigenvalue weighted by atomic mass is 16.2. The predicted octanol–water partition coefficient (Wildman–Crippen LogP) is 2.70. The zero-order valence-electron chi connectivity index (χ0n) is 13.1. The molecule has 0 spiro atoms. The van der Waals surface area contributed by atoms with E-state index in [1.165, 1.54) is 5.56 Å². The molecule has 0 unspecified atom stereocenters. The molecule has 2 aromatic rings. The van der Waals surface area contributed by atoms with Crippen molar-refractivity contribution in [3.63, 3.8) is 0 Å². The summed E-state index contributed by atoms with van der Waals surface area (Å²) < 4.78 is 0. The van der Waals surface area contributed by atoms with Crippen LogP contribution < -0.4 is 11.0 Å². The van der Waals surface area contributed by atoms with Crippen molar-refractivity contribution in [2.45, 2.75) is 33.1 Å². The molecule has 2 N–H and O–H groups in total. The second-order valence-corrected chi connectivity index (χ2v) is 5.52. The molecular weight excluding hydrogens is 278 g/mol. The van der Waals surface area contributed by atoms with Crippen LogP contribution in [0.2, 0.25) is 0 Å². The van der Waals surface area contributed by atoms with Gasteiger partial charge in [-0.15, -0.1) is 0 Å². The van der Waals surface area contributed by atoms with Crippen LogP contribution >= 0.6 is 0 Å². The van der Waals surface area contributed by atoms with Gasteiger partial charge in [-0.3, -0.25) is 4.79 Å². The van der Waals surface area contributed by atoms with Crippen molar-refractivity contribution in [3.8, 4) is 11.3 Å². The largest absolute Gasteiger partial charge is 0.351 e. The van der Waals surface area contributed by atoms with Crippen molar-refractivity contribution in [2.75, 3.05) is 6.54 Å². The van der Waals surface area contributed by atoms with E-state index in [0.29, 0.717) is 18.2 Å². The smallest absolute Gasteiger partial charge is 0.346 e. The monoisotopic (exact) mass is 299 g/mol. The Bertz CT molecular complexity index is 703. The summed E-state index contributed by atoms with van der Waals surface area (Å²) >= 11 is 0. The quantitative estimate of drug-likeness (QED) is 0.891. The van der Waals surface area contributed by atoms with Crippen molar-refractivity contribution < 1.29 is 4.79 Å². The number of aromatic amines is 1. The fraction of sp³-hybridized carbons (Fsp3) is 0.353. The highest BCUT2D eigenvalue weighted by molar-refractivity contribution is 5.93. The SMILES string of the molecule is CCCNC(=O)c1cc(-c2ccc(C(C)C)cc2)nc(=O)[nH]1. The predicted molar refractivity (Wildman–Crippen MR) is 87.0 cm³/mol. The normalized spacial score (nSPS) is 10.7. The number of aromatic nitrogens is 2. The summed E-state index contributed by atoms with van der Waals surface area (Å²) in [6.45, 7) is 6.78. The van der Waals surface area contributed by atoms with Crippen molar-refractivity contribution >= 4 is 5.91 Å². The fourth-order valence-electron chi connectivity index (χ4n) is 2.10. The molecule has 5 nitrogen and oxygen atoms in total. The molecule has 2 rings (SSSR count). The van der Waals surface area contributed by atoms with Gasteiger partial charge in [0.1, 0.15) is 5.69 Å². The van der Waals surface area contributed by atoms with Crippen LogP contribution in [-0.4, -0.2) is 22.4 Å². The van der Waals surface area contributed by atoms with Crippen molar-refractivity contribution in [1.82, 2.24) is 15.3 Å². The summed E-state index contributed by atoms with van der Waals surface area (Å²) in [6.07, 6.45) is 0.838. The topological polar surface area (TPSA) is 74.8 Å². The number of amides is 1. The molecule has 0 fully saturated rings. The minimum Gasteiger partial charge on any atom is -0.351 e. The Labute approximate surface area is 129 Å². The zero-order chi connectivity index (χ0) is 16.1. The standard InChI is InChI=1S/C17H21N3O2/c1-4-9-18-16(21)15-10-14(19-17(22)20-15)13-7-5-12(6-8-13)11(2)3/h5-8,10-11H,4,9H2,1-3H3,(H,18,21)(H,19,20,22). The van der Waals surface area contributed by atoms with E-state index >= 15 is 0 Å². The van der Waals surface area contributed by atoms with E-state index < -0.39 is 5.69 Å². The number of carbonyl (C=O) groups excluding carboxylic acids is 1. The molecule has 0 radical (unpaired) electrons. The summed E-state index contributed by atoms with van der Waals surface area (Å²) in [5.74, 6) is 0.151. The Hall–Kier alpha value is -2.43. The average molecular weight is 299 g/mol. The minimum atomic E-state index is -0.521. The summed E-state index contributed by atoms with van der Waals surface area (Å²) in [5, 5.41) is 2.74. The Morgan fingerprint density at radius 1 is 1.27 bits per heavy atom. The number of benzene rings is 1. The summed E-state index contributed by atoms with van der Waals surface area (Å²) in [6, 6.07) is 9.48. The molecule has 1 heterocycles. The van der Waals surface area contributed by atoms with E-state index in [4.69, 9.17) is 0 Å². The first-order valence-corrected chi connectivity index (χ1v) is 7.51. The maximum Gasteiger partial charge on any atom is 0.346 e. The number of carbonyl (C=O) groups is 1. The van der Waals surface area contributed by atoms with Crippen molar-refractivity contribution in [3.05, 3.63) is 52.1 Å². The lowest BCUT2D eigenvalue weighted by Crippen LogP contribution is -2.27. The third-order valence-electron chi connectivity index (χ3n) is 3.40. The second-order valence-electron chi connectivity index (χ2n) is 5.52. The van der Waals surface area contributed by atoms with Gasteiger partial charge in [-0.2, -0.15) is 4.98 Å². The van der Waals surface area contributed by atoms with Gasteiger partial charge in [0.2, 0.25) is 0 Å². The van der Waals surface area contributed by atoms with Gasteiger partial charge in [0.05, 0.1) is 5.69 Å². The second kappa shape index (κ2) is 7.02. The molecule has 0 aliphatic rings. The number of H-pyrrole nitrogens is 1. The van der Waals surface area contributed by atoms with Gasteiger partial charge >= 0.3 is 5.69 Å². The molecule has 0 bridgehead atoms. The summed E-state index contributed by atoms with van der Waals surface area (Å²) in [4.78, 5) is 30.1. The first kappa shape index (κ1) is 15.9. The molecule has 0 atom stereocenters. The van der Waals surface area contributed by atoms with Crippen LogP contribution in [-0.2, 0) is 0 Å². The van der Waals surface area contributed by atoms with E-state index in [-0.39, 0.29) is 11.6 Å². The van der Waals surface area contributed by atoms with E-state index in [1.807, 2.05) is 31.2 Å². The third-order valence-corrected chi connectivity index (χ3v) is 3.40. The first-order chi connectivity index (χ1) is 10.5. The number of nitrogens with one attached hydrogen (secondary N) is 2. The van der Waals surface area contributed by atoms with Gasteiger partial charge in [-0.25, -0.2) is 4.79 Å². The number of rotatable bonds is 5. The van der Waals surface area contributed by atoms with Crippen LogP contribution in [0.1, 0.15) is 49.2 Å². The fourth-order valence-corrected chi connectivity index (χ4v) is 2.10. The number of nitrogens with zero attached hydrogens (tertiary/aromatic N) is 1. The molecule has 1 aromatic heterocycles. The molecule has 1 aromatic carbocycles. The lowest BCUT2D eigenvalue weighted by atomic mass is 10.0. The molecular formula is C17H21N3O2. The Morgan fingerprint density at radius 3 is 2.55 bits per heavy atom. The van der Waals surface area contributed by atoms with Gasteiger partial charge in [0, 0.05) is 12.1 Å². The van der Waals surface area contributed by atoms with Crippen molar-refractivity contribution in [1.29, 1.82) is 0 Å². The van der Waals surface area contributed by atoms with Gasteiger partial charge in [0.25, 0.3) is 5.91 Å². The maximum absolute atomic E-state index is 12.0. The van der Waals surface area contributed by atoms with Crippen LogP contribution in [0.3, 0.4) is 0 Å². The Morgan fingerprint density at radius 2 is 1.95 bits per heavy atom. The average Bonchev–Trinajstić information content (AvgIpc) is 2.52. The molecule has 116 valence electrons. The maximum atomic E-state index is 12.0. The molecule has 0 saturated carbocycles. The summed E-state index contributed by atoms with van der Waals surface area (Å²) in [7, 11) is 0. The lowest BCUT2D eigenvalue weighted by Gasteiger charge is -2.08. The van der Waals surface area contributed by atoms with Gasteiger partial charge in [-0.1, -0.05) is 45.0 Å². The van der Waals surface area contributed by atoms with Crippen LogP contribution in [0, 0.1) is 0 Å². The number of hydrogen-bond acceptors (Lipinski definition) is 3. The molecule has 0 saturated heterocycles. The molecule has 1 amide bonds. The van der Waals surface area contributed by atoms with E-state index in [9.17, 15) is 9.59 Å². The lowest BCUT2D eigenvalue weighted by molar-refractivity contribution is 0.0948. The Balaban J connectivity index is 2.33. The molecule has 22 heavy (non-hydrogen) atoms. The van der Waals surface area contributed by atoms with Crippen LogP contribution in [0.4, 0.5) is 0 Å². The highest BCUT2D eigenvalue weighted by Crippen LogP contribution is 2.20. The first-order valence-electron chi connectivity index (χ1n) is 7.51. The molecule has 5 heteroatoms. The van der Waals surface area contributed by atoms with E-state index in [1.54, 1.807) is 6.07 Å². The van der Waals surface area contributed by atoms with Crippen LogP contribution in [0.5, 0.6) is 0 Å². The van der Waals surface area contributed by atoms with Crippen LogP contribution in [0.25, 0.3) is 11.3 Å². The third kappa shape index (κ3) is 3.81. The highest BCUT2D eigenvalue weighted by Gasteiger charge is 2.10. The Kier molecular flexibility index (Phi) is 5.09. The zero-order valence-corrected chi connectivity index (χ0v) is 13.1. The van der Waals surface area contributed by atoms with Gasteiger partial charge in [0.15, 0.2) is 0 Å². The van der Waals surface area contributed by atoms with Gasteiger partial charge in [-0.05, 0) is 24.0 Å². The minimum absolute atomic E-state index is 0.233. The van der Waals surface area contributed by atoms with Crippen LogP contribution in [0.15, 0.2) is 35.1 Å². The molecule has 0 aliphatic heterocycles. The van der Waals surface area contributed by atoms with Gasteiger partial charge < -0.3 is 10.3 Å². The van der Waals surface area contributed by atoms with Crippen molar-refractivity contribution in [2.24, 2.45) is 0 Å². The molecule has 0 aliphatic carbocycles. The summed E-state index contributed by atoms with van der Waals surface area (Å²) in [5.41, 5.74) is 2.25. The van der Waals surface area contributed by atoms with E-state index in [0.717, 1.165) is 12.0 Å². The van der Waals surface area contributed by atoms with E-state index in [2.05, 4.69) is 29.1 Å².